The first-order valence-electron chi connectivity index (χ1n) is 6.32. The molecule has 120 valence electrons. The van der Waals surface area contributed by atoms with Crippen LogP contribution in [0.4, 0.5) is 0 Å². The summed E-state index contributed by atoms with van der Waals surface area (Å²) in [5.74, 6) is -4.33. The average molecular weight is 350 g/mol. The summed E-state index contributed by atoms with van der Waals surface area (Å²) in [5, 5.41) is 18.6. The summed E-state index contributed by atoms with van der Waals surface area (Å²) >= 11 is 11.1. The molecule has 0 spiro atoms. The van der Waals surface area contributed by atoms with E-state index in [0.29, 0.717) is 0 Å². The van der Waals surface area contributed by atoms with Gasteiger partial charge in [-0.25, -0.2) is 4.79 Å². The lowest BCUT2D eigenvalue weighted by atomic mass is 9.83. The van der Waals surface area contributed by atoms with Gasteiger partial charge < -0.3 is 14.9 Å². The van der Waals surface area contributed by atoms with Crippen LogP contribution in [0.15, 0.2) is 24.5 Å². The zero-order valence-corrected chi connectivity index (χ0v) is 12.8. The number of allylic oxidation sites excluding steroid dienone is 1. The van der Waals surface area contributed by atoms with E-state index in [1.165, 1.54) is 6.08 Å². The first-order valence-corrected chi connectivity index (χ1v) is 7.19. The highest BCUT2D eigenvalue weighted by atomic mass is 35.5. The zero-order chi connectivity index (χ0) is 16.7. The van der Waals surface area contributed by atoms with Crippen molar-refractivity contribution < 1.29 is 29.3 Å². The number of β-lactam (4-membered cyclic amide) rings is 1. The number of aliphatic carboxylic acids is 1. The molecule has 2 aliphatic rings. The summed E-state index contributed by atoms with van der Waals surface area (Å²) in [7, 11) is 0. The first kappa shape index (κ1) is 16.8. The van der Waals surface area contributed by atoms with Crippen LogP contribution in [0.1, 0.15) is 6.42 Å². The van der Waals surface area contributed by atoms with E-state index < -0.39 is 46.8 Å². The lowest BCUT2D eigenvalue weighted by Gasteiger charge is -2.44. The van der Waals surface area contributed by atoms with Gasteiger partial charge in [-0.15, -0.1) is 6.58 Å². The Morgan fingerprint density at radius 1 is 1.50 bits per heavy atom. The number of aliphatic hydroxyl groups excluding tert-OH is 1. The first-order chi connectivity index (χ1) is 10.3. The summed E-state index contributed by atoms with van der Waals surface area (Å²) in [4.78, 5) is 35.5. The second-order valence-electron chi connectivity index (χ2n) is 4.78. The number of hydrogen-bond donors (Lipinski definition) is 2. The maximum Gasteiger partial charge on any atom is 0.345 e. The van der Waals surface area contributed by atoms with Gasteiger partial charge in [-0.05, 0) is 12.5 Å². The third-order valence-electron chi connectivity index (χ3n) is 3.68. The fraction of sp³-hybridized carbons (Fsp3) is 0.462. The maximum absolute atomic E-state index is 12.3. The predicted octanol–water partition coefficient (Wildman–Crippen LogP) is 0.450. The van der Waals surface area contributed by atoms with Gasteiger partial charge in [0.25, 0.3) is 5.54 Å². The van der Waals surface area contributed by atoms with Gasteiger partial charge >= 0.3 is 5.97 Å². The quantitative estimate of drug-likeness (QED) is 0.312. The van der Waals surface area contributed by atoms with Crippen LogP contribution in [0.2, 0.25) is 0 Å². The van der Waals surface area contributed by atoms with E-state index in [1.54, 1.807) is 0 Å². The summed E-state index contributed by atoms with van der Waals surface area (Å²) in [5.41, 5.74) is -2.45. The van der Waals surface area contributed by atoms with E-state index in [0.717, 1.165) is 11.0 Å². The average Bonchev–Trinajstić information content (AvgIpc) is 2.76. The van der Waals surface area contributed by atoms with Gasteiger partial charge in [0.1, 0.15) is 5.76 Å². The molecular weight excluding hydrogens is 337 g/mol. The molecule has 0 radical (unpaired) electrons. The molecule has 7 nitrogen and oxygen atoms in total. The molecule has 9 heteroatoms. The molecule has 1 amide bonds. The Morgan fingerprint density at radius 3 is 2.59 bits per heavy atom. The molecule has 0 aromatic heterocycles. The molecule has 0 saturated carbocycles. The number of Topliss-reactive ketones (excluding diaryl/α,β-unsaturated/α-hetero) is 1. The number of hydrogen-bond acceptors (Lipinski definition) is 5. The molecule has 1 unspecified atom stereocenters. The number of fused-ring (bicyclic) bond motifs is 1. The number of ether oxygens (including phenoxy) is 1. The molecular formula is C13H13Cl2NO6. The minimum absolute atomic E-state index is 0.265. The van der Waals surface area contributed by atoms with Crippen molar-refractivity contribution in [2.45, 2.75) is 23.0 Å². The lowest BCUT2D eigenvalue weighted by molar-refractivity contribution is -0.184. The van der Waals surface area contributed by atoms with Gasteiger partial charge in [0, 0.05) is 0 Å². The summed E-state index contributed by atoms with van der Waals surface area (Å²) in [6.07, 6.45) is 1.84. The molecule has 2 fully saturated rings. The van der Waals surface area contributed by atoms with Crippen molar-refractivity contribution in [3.05, 3.63) is 24.5 Å². The van der Waals surface area contributed by atoms with Crippen LogP contribution in [-0.2, 0) is 19.1 Å². The lowest BCUT2D eigenvalue weighted by Crippen LogP contribution is -2.71. The molecule has 2 rings (SSSR count). The standard InChI is InChI=1S/C13H13Cl2NO6/c1-2-3-6-10(19)16-11(6)22-7(4-5-17)13(16,12(20)21)8(18)9(14)15/h2,4,6,9,11,17H,1,3,5H2,(H,20,21)/b7-4-/t6?,11-,13-/m1/s1. The van der Waals surface area contributed by atoms with E-state index in [1.807, 2.05) is 0 Å². The summed E-state index contributed by atoms with van der Waals surface area (Å²) in [6.45, 7) is 2.94. The summed E-state index contributed by atoms with van der Waals surface area (Å²) < 4.78 is 5.42. The third-order valence-corrected chi connectivity index (χ3v) is 4.08. The number of carbonyl (C=O) groups is 3. The molecule has 0 aromatic rings. The number of carboxylic acid groups (broad SMARTS) is 1. The predicted molar refractivity (Wildman–Crippen MR) is 76.1 cm³/mol. The number of carbonyl (C=O) groups excluding carboxylic acids is 2. The number of ketones is 1. The molecule has 2 saturated heterocycles. The zero-order valence-electron chi connectivity index (χ0n) is 11.2. The van der Waals surface area contributed by atoms with Gasteiger partial charge in [-0.1, -0.05) is 29.3 Å². The second kappa shape index (κ2) is 5.91. The Hall–Kier alpha value is -1.57. The number of amides is 1. The van der Waals surface area contributed by atoms with E-state index in [-0.39, 0.29) is 12.2 Å². The topological polar surface area (TPSA) is 104 Å². The highest BCUT2D eigenvalue weighted by molar-refractivity contribution is 6.56. The van der Waals surface area contributed by atoms with E-state index in [4.69, 9.17) is 33.0 Å². The van der Waals surface area contributed by atoms with Gasteiger partial charge in [0.05, 0.1) is 12.5 Å². The van der Waals surface area contributed by atoms with E-state index in [2.05, 4.69) is 6.58 Å². The molecule has 22 heavy (non-hydrogen) atoms. The highest BCUT2D eigenvalue weighted by Gasteiger charge is 2.72. The number of aliphatic hydroxyl groups is 1. The molecule has 2 heterocycles. The van der Waals surface area contributed by atoms with Crippen molar-refractivity contribution >= 4 is 40.9 Å². The van der Waals surface area contributed by atoms with Gasteiger partial charge in [0.2, 0.25) is 11.7 Å². The van der Waals surface area contributed by atoms with Crippen molar-refractivity contribution in [1.29, 1.82) is 0 Å². The molecule has 3 atom stereocenters. The minimum atomic E-state index is -2.45. The number of halogens is 2. The number of rotatable bonds is 6. The molecule has 2 N–H and O–H groups in total. The van der Waals surface area contributed by atoms with Crippen molar-refractivity contribution in [3.8, 4) is 0 Å². The largest absolute Gasteiger partial charge is 0.479 e. The Bertz CT molecular complexity index is 575. The Labute approximate surface area is 135 Å². The third kappa shape index (κ3) is 2.04. The normalized spacial score (nSPS) is 31.7. The van der Waals surface area contributed by atoms with Crippen LogP contribution in [0.3, 0.4) is 0 Å². The Kier molecular flexibility index (Phi) is 4.51. The van der Waals surface area contributed by atoms with Crippen LogP contribution in [0, 0.1) is 5.92 Å². The smallest absolute Gasteiger partial charge is 0.345 e. The van der Waals surface area contributed by atoms with Crippen LogP contribution in [-0.4, -0.2) is 56.0 Å². The van der Waals surface area contributed by atoms with Crippen LogP contribution >= 0.6 is 23.2 Å². The van der Waals surface area contributed by atoms with E-state index in [9.17, 15) is 19.5 Å². The second-order valence-corrected chi connectivity index (χ2v) is 5.88. The highest BCUT2D eigenvalue weighted by Crippen LogP contribution is 2.49. The SMILES string of the molecule is C=CCC1C(=O)N2[C@@H]1O/C(=C\CO)[C@]2(C(=O)O)C(=O)C(Cl)Cl. The molecule has 0 aliphatic carbocycles. The number of alkyl halides is 2. The minimum Gasteiger partial charge on any atom is -0.479 e. The van der Waals surface area contributed by atoms with Gasteiger partial charge in [0.15, 0.2) is 11.1 Å². The number of nitrogens with zero attached hydrogens (tertiary/aromatic N) is 1. The van der Waals surface area contributed by atoms with Crippen LogP contribution < -0.4 is 0 Å². The van der Waals surface area contributed by atoms with Crippen LogP contribution in [0.25, 0.3) is 0 Å². The molecule has 0 bridgehead atoms. The van der Waals surface area contributed by atoms with Crippen molar-refractivity contribution in [3.63, 3.8) is 0 Å². The Balaban J connectivity index is 2.56. The fourth-order valence-electron chi connectivity index (χ4n) is 2.74. The van der Waals surface area contributed by atoms with E-state index >= 15 is 0 Å². The van der Waals surface area contributed by atoms with Gasteiger partial charge in [-0.2, -0.15) is 0 Å². The molecule has 0 aromatic carbocycles. The van der Waals surface area contributed by atoms with Crippen molar-refractivity contribution in [2.75, 3.05) is 6.61 Å². The Morgan fingerprint density at radius 2 is 2.14 bits per heavy atom. The summed E-state index contributed by atoms with van der Waals surface area (Å²) in [6, 6.07) is 0. The molecule has 2 aliphatic heterocycles. The number of carboxylic acids is 1. The fourth-order valence-corrected chi connectivity index (χ4v) is 3.05. The van der Waals surface area contributed by atoms with Crippen molar-refractivity contribution in [2.24, 2.45) is 5.92 Å². The van der Waals surface area contributed by atoms with Gasteiger partial charge in [-0.3, -0.25) is 14.5 Å². The van der Waals surface area contributed by atoms with Crippen molar-refractivity contribution in [1.82, 2.24) is 4.90 Å². The monoisotopic (exact) mass is 349 g/mol. The maximum atomic E-state index is 12.3. The van der Waals surface area contributed by atoms with Crippen LogP contribution in [0.5, 0.6) is 0 Å².